The highest BCUT2D eigenvalue weighted by molar-refractivity contribution is 5.55. The van der Waals surface area contributed by atoms with E-state index < -0.39 is 0 Å². The fourth-order valence-corrected chi connectivity index (χ4v) is 1.62. The maximum atomic E-state index is 5.75. The third kappa shape index (κ3) is 2.51. The number of hydrogen-bond acceptors (Lipinski definition) is 3. The summed E-state index contributed by atoms with van der Waals surface area (Å²) in [4.78, 5) is 6.16. The molecule has 2 rings (SSSR count). The van der Waals surface area contributed by atoms with Crippen molar-refractivity contribution in [3.8, 4) is 0 Å². The highest BCUT2D eigenvalue weighted by atomic mass is 15.1. The Morgan fingerprint density at radius 1 is 1.19 bits per heavy atom. The normalized spacial score (nSPS) is 10.1. The lowest BCUT2D eigenvalue weighted by Crippen LogP contribution is -2.16. The topological polar surface area (TPSA) is 42.2 Å². The van der Waals surface area contributed by atoms with E-state index in [-0.39, 0.29) is 0 Å². The third-order valence-electron chi connectivity index (χ3n) is 2.48. The van der Waals surface area contributed by atoms with Gasteiger partial charge in [0.25, 0.3) is 0 Å². The SMILES string of the molecule is CN(Cc1ccncc1)c1cccc(N)c1. The molecule has 0 unspecified atom stereocenters. The maximum absolute atomic E-state index is 5.75. The summed E-state index contributed by atoms with van der Waals surface area (Å²) in [5.74, 6) is 0. The quantitative estimate of drug-likeness (QED) is 0.795. The largest absolute Gasteiger partial charge is 0.399 e. The molecular weight excluding hydrogens is 198 g/mol. The molecule has 16 heavy (non-hydrogen) atoms. The standard InChI is InChI=1S/C13H15N3/c1-16(10-11-5-7-15-8-6-11)13-4-2-3-12(14)9-13/h2-9H,10,14H2,1H3. The number of hydrogen-bond donors (Lipinski definition) is 1. The van der Waals surface area contributed by atoms with Crippen molar-refractivity contribution in [1.82, 2.24) is 4.98 Å². The second-order valence-electron chi connectivity index (χ2n) is 3.81. The van der Waals surface area contributed by atoms with E-state index in [0.29, 0.717) is 0 Å². The number of pyridine rings is 1. The molecule has 0 aliphatic heterocycles. The molecule has 1 aromatic heterocycles. The molecule has 0 atom stereocenters. The molecule has 3 nitrogen and oxygen atoms in total. The molecule has 0 amide bonds. The molecule has 1 aromatic carbocycles. The lowest BCUT2D eigenvalue weighted by molar-refractivity contribution is 0.920. The molecule has 0 fully saturated rings. The first-order chi connectivity index (χ1) is 7.75. The van der Waals surface area contributed by atoms with Crippen LogP contribution in [0.25, 0.3) is 0 Å². The van der Waals surface area contributed by atoms with Crippen molar-refractivity contribution in [3.63, 3.8) is 0 Å². The van der Waals surface area contributed by atoms with Crippen LogP contribution in [-0.2, 0) is 6.54 Å². The van der Waals surface area contributed by atoms with Crippen LogP contribution < -0.4 is 10.6 Å². The van der Waals surface area contributed by atoms with Gasteiger partial charge in [-0.05, 0) is 35.9 Å². The third-order valence-corrected chi connectivity index (χ3v) is 2.48. The summed E-state index contributed by atoms with van der Waals surface area (Å²) in [7, 11) is 2.05. The lowest BCUT2D eigenvalue weighted by atomic mass is 10.2. The van der Waals surface area contributed by atoms with E-state index in [4.69, 9.17) is 5.73 Å². The molecule has 2 aromatic rings. The predicted octanol–water partition coefficient (Wildman–Crippen LogP) is 2.30. The molecule has 0 radical (unpaired) electrons. The molecule has 0 spiro atoms. The molecule has 0 aliphatic rings. The van der Waals surface area contributed by atoms with Crippen LogP contribution in [0.15, 0.2) is 48.8 Å². The van der Waals surface area contributed by atoms with Gasteiger partial charge in [-0.2, -0.15) is 0 Å². The Morgan fingerprint density at radius 3 is 2.62 bits per heavy atom. The average Bonchev–Trinajstić information content (AvgIpc) is 2.30. The molecular formula is C13H15N3. The summed E-state index contributed by atoms with van der Waals surface area (Å²) in [6, 6.07) is 11.9. The first-order valence-corrected chi connectivity index (χ1v) is 5.21. The van der Waals surface area contributed by atoms with E-state index in [1.54, 1.807) is 0 Å². The predicted molar refractivity (Wildman–Crippen MR) is 67.2 cm³/mol. The number of nitrogens with zero attached hydrogens (tertiary/aromatic N) is 2. The Labute approximate surface area is 95.5 Å². The van der Waals surface area contributed by atoms with Crippen LogP contribution in [0.1, 0.15) is 5.56 Å². The van der Waals surface area contributed by atoms with E-state index in [9.17, 15) is 0 Å². The molecule has 2 N–H and O–H groups in total. The molecule has 0 bridgehead atoms. The fourth-order valence-electron chi connectivity index (χ4n) is 1.62. The Hall–Kier alpha value is -2.03. The van der Waals surface area contributed by atoms with Crippen molar-refractivity contribution in [2.45, 2.75) is 6.54 Å². The maximum Gasteiger partial charge on any atom is 0.0427 e. The van der Waals surface area contributed by atoms with Crippen molar-refractivity contribution in [2.24, 2.45) is 0 Å². The van der Waals surface area contributed by atoms with Crippen LogP contribution in [0.3, 0.4) is 0 Å². The summed E-state index contributed by atoms with van der Waals surface area (Å²) in [5, 5.41) is 0. The minimum atomic E-state index is 0.791. The monoisotopic (exact) mass is 213 g/mol. The molecule has 1 heterocycles. The zero-order chi connectivity index (χ0) is 11.4. The highest BCUT2D eigenvalue weighted by Gasteiger charge is 2.01. The molecule has 82 valence electrons. The molecule has 0 saturated carbocycles. The van der Waals surface area contributed by atoms with Gasteiger partial charge in [0.15, 0.2) is 0 Å². The summed E-state index contributed by atoms with van der Waals surface area (Å²) < 4.78 is 0. The smallest absolute Gasteiger partial charge is 0.0427 e. The summed E-state index contributed by atoms with van der Waals surface area (Å²) in [5.41, 5.74) is 8.90. The van der Waals surface area contributed by atoms with Crippen molar-refractivity contribution < 1.29 is 0 Å². The van der Waals surface area contributed by atoms with E-state index in [1.807, 2.05) is 42.7 Å². The Morgan fingerprint density at radius 2 is 1.94 bits per heavy atom. The lowest BCUT2D eigenvalue weighted by Gasteiger charge is -2.19. The van der Waals surface area contributed by atoms with Gasteiger partial charge in [0.1, 0.15) is 0 Å². The average molecular weight is 213 g/mol. The minimum Gasteiger partial charge on any atom is -0.399 e. The second-order valence-corrected chi connectivity index (χ2v) is 3.81. The van der Waals surface area contributed by atoms with E-state index in [0.717, 1.165) is 17.9 Å². The second kappa shape index (κ2) is 4.66. The number of rotatable bonds is 3. The number of aromatic nitrogens is 1. The zero-order valence-electron chi connectivity index (χ0n) is 9.30. The summed E-state index contributed by atoms with van der Waals surface area (Å²) in [6.07, 6.45) is 3.62. The van der Waals surface area contributed by atoms with Crippen LogP contribution in [0.5, 0.6) is 0 Å². The first-order valence-electron chi connectivity index (χ1n) is 5.21. The van der Waals surface area contributed by atoms with Crippen molar-refractivity contribution >= 4 is 11.4 Å². The first kappa shape index (κ1) is 10.5. The van der Waals surface area contributed by atoms with Gasteiger partial charge in [-0.1, -0.05) is 6.07 Å². The molecule has 0 aliphatic carbocycles. The number of nitrogen functional groups attached to an aromatic ring is 1. The van der Waals surface area contributed by atoms with E-state index in [2.05, 4.69) is 23.0 Å². The van der Waals surface area contributed by atoms with Crippen LogP contribution >= 0.6 is 0 Å². The van der Waals surface area contributed by atoms with Gasteiger partial charge in [0.2, 0.25) is 0 Å². The van der Waals surface area contributed by atoms with Gasteiger partial charge < -0.3 is 10.6 Å². The Kier molecular flexibility index (Phi) is 3.05. The number of anilines is 2. The van der Waals surface area contributed by atoms with Crippen molar-refractivity contribution in [2.75, 3.05) is 17.7 Å². The van der Waals surface area contributed by atoms with Gasteiger partial charge in [-0.25, -0.2) is 0 Å². The highest BCUT2D eigenvalue weighted by Crippen LogP contribution is 2.17. The minimum absolute atomic E-state index is 0.791. The number of benzene rings is 1. The Balaban J connectivity index is 2.12. The van der Waals surface area contributed by atoms with Gasteiger partial charge in [-0.3, -0.25) is 4.98 Å². The van der Waals surface area contributed by atoms with Crippen LogP contribution in [0, 0.1) is 0 Å². The summed E-state index contributed by atoms with van der Waals surface area (Å²) >= 11 is 0. The van der Waals surface area contributed by atoms with Gasteiger partial charge in [0, 0.05) is 37.4 Å². The fraction of sp³-hybridized carbons (Fsp3) is 0.154. The van der Waals surface area contributed by atoms with Gasteiger partial charge >= 0.3 is 0 Å². The van der Waals surface area contributed by atoms with Crippen LogP contribution in [-0.4, -0.2) is 12.0 Å². The van der Waals surface area contributed by atoms with Crippen molar-refractivity contribution in [1.29, 1.82) is 0 Å². The zero-order valence-corrected chi connectivity index (χ0v) is 9.30. The number of nitrogens with two attached hydrogens (primary N) is 1. The van der Waals surface area contributed by atoms with Gasteiger partial charge in [-0.15, -0.1) is 0 Å². The molecule has 3 heteroatoms. The van der Waals surface area contributed by atoms with E-state index >= 15 is 0 Å². The van der Waals surface area contributed by atoms with Gasteiger partial charge in [0.05, 0.1) is 0 Å². The Bertz CT molecular complexity index is 454. The summed E-state index contributed by atoms with van der Waals surface area (Å²) in [6.45, 7) is 0.853. The molecule has 0 saturated heterocycles. The van der Waals surface area contributed by atoms with Crippen molar-refractivity contribution in [3.05, 3.63) is 54.4 Å². The van der Waals surface area contributed by atoms with Crippen LogP contribution in [0.2, 0.25) is 0 Å². The van der Waals surface area contributed by atoms with E-state index in [1.165, 1.54) is 5.56 Å². The van der Waals surface area contributed by atoms with Crippen LogP contribution in [0.4, 0.5) is 11.4 Å².